The summed E-state index contributed by atoms with van der Waals surface area (Å²) in [5, 5.41) is 0. The molecule has 0 amide bonds. The van der Waals surface area contributed by atoms with Crippen molar-refractivity contribution in [2.24, 2.45) is 0 Å². The van der Waals surface area contributed by atoms with Gasteiger partial charge in [0, 0.05) is 11.1 Å². The fourth-order valence-corrected chi connectivity index (χ4v) is 3.11. The van der Waals surface area contributed by atoms with Gasteiger partial charge in [0.2, 0.25) is 5.88 Å². The van der Waals surface area contributed by atoms with Crippen LogP contribution < -0.4 is 4.74 Å². The summed E-state index contributed by atoms with van der Waals surface area (Å²) in [5.41, 5.74) is 5.78. The first kappa shape index (κ1) is 13.9. The van der Waals surface area contributed by atoms with Crippen LogP contribution in [0.2, 0.25) is 0 Å². The van der Waals surface area contributed by atoms with Gasteiger partial charge in [-0.05, 0) is 43.9 Å². The van der Waals surface area contributed by atoms with Gasteiger partial charge in [0.25, 0.3) is 0 Å². The predicted molar refractivity (Wildman–Crippen MR) is 90.9 cm³/mol. The lowest BCUT2D eigenvalue weighted by atomic mass is 9.89. The van der Waals surface area contributed by atoms with Gasteiger partial charge in [-0.1, -0.05) is 42.5 Å². The van der Waals surface area contributed by atoms with Crippen molar-refractivity contribution in [1.82, 2.24) is 9.97 Å². The summed E-state index contributed by atoms with van der Waals surface area (Å²) < 4.78 is 6.15. The molecule has 0 aliphatic heterocycles. The van der Waals surface area contributed by atoms with Crippen molar-refractivity contribution in [3.63, 3.8) is 0 Å². The van der Waals surface area contributed by atoms with Gasteiger partial charge < -0.3 is 4.74 Å². The third-order valence-corrected chi connectivity index (χ3v) is 4.30. The van der Waals surface area contributed by atoms with Crippen molar-refractivity contribution < 1.29 is 4.74 Å². The summed E-state index contributed by atoms with van der Waals surface area (Å²) in [7, 11) is 0. The highest BCUT2D eigenvalue weighted by Crippen LogP contribution is 2.37. The normalized spacial score (nSPS) is 12.4. The van der Waals surface area contributed by atoms with Crippen molar-refractivity contribution in [2.75, 3.05) is 0 Å². The van der Waals surface area contributed by atoms with Crippen LogP contribution in [0.3, 0.4) is 0 Å². The van der Waals surface area contributed by atoms with E-state index in [2.05, 4.69) is 34.2 Å². The minimum absolute atomic E-state index is 0.691. The lowest BCUT2D eigenvalue weighted by Gasteiger charge is -2.21. The standard InChI is InChI=1S/C20H18N2O/c1-13-7-3-6-10-18(13)23-20-17-12-11-15-8-4-5-9-16(15)19(17)21-14(2)22-20/h3-10H,11-12H2,1-2H3. The summed E-state index contributed by atoms with van der Waals surface area (Å²) in [6.07, 6.45) is 1.91. The molecule has 0 atom stereocenters. The van der Waals surface area contributed by atoms with Gasteiger partial charge >= 0.3 is 0 Å². The van der Waals surface area contributed by atoms with Crippen LogP contribution in [0.25, 0.3) is 11.3 Å². The molecule has 0 N–H and O–H groups in total. The lowest BCUT2D eigenvalue weighted by molar-refractivity contribution is 0.449. The van der Waals surface area contributed by atoms with E-state index in [0.717, 1.165) is 41.2 Å². The quantitative estimate of drug-likeness (QED) is 0.691. The Bertz CT molecular complexity index is 887. The number of aryl methyl sites for hydroxylation is 3. The van der Waals surface area contributed by atoms with Gasteiger partial charge in [-0.25, -0.2) is 4.98 Å². The summed E-state index contributed by atoms with van der Waals surface area (Å²) in [6.45, 7) is 3.97. The van der Waals surface area contributed by atoms with E-state index in [0.29, 0.717) is 5.88 Å². The minimum Gasteiger partial charge on any atom is -0.438 e. The Morgan fingerprint density at radius 3 is 2.52 bits per heavy atom. The van der Waals surface area contributed by atoms with Gasteiger partial charge in [-0.3, -0.25) is 0 Å². The summed E-state index contributed by atoms with van der Waals surface area (Å²) in [4.78, 5) is 9.25. The second-order valence-corrected chi connectivity index (χ2v) is 5.93. The molecular formula is C20H18N2O. The molecule has 0 radical (unpaired) electrons. The van der Waals surface area contributed by atoms with Crippen molar-refractivity contribution in [3.05, 3.63) is 71.0 Å². The number of ether oxygens (including phenoxy) is 1. The molecule has 1 aromatic heterocycles. The van der Waals surface area contributed by atoms with E-state index < -0.39 is 0 Å². The molecule has 1 heterocycles. The van der Waals surface area contributed by atoms with E-state index in [4.69, 9.17) is 4.74 Å². The maximum absolute atomic E-state index is 6.15. The first-order valence-corrected chi connectivity index (χ1v) is 7.91. The maximum atomic E-state index is 6.15. The highest BCUT2D eigenvalue weighted by atomic mass is 16.5. The van der Waals surface area contributed by atoms with Crippen molar-refractivity contribution >= 4 is 0 Å². The number of para-hydroxylation sites is 1. The van der Waals surface area contributed by atoms with E-state index in [1.807, 2.05) is 38.1 Å². The van der Waals surface area contributed by atoms with E-state index in [1.165, 1.54) is 11.1 Å². The molecule has 0 fully saturated rings. The monoisotopic (exact) mass is 302 g/mol. The average molecular weight is 302 g/mol. The molecule has 0 spiro atoms. The molecule has 0 saturated carbocycles. The molecule has 3 nitrogen and oxygen atoms in total. The van der Waals surface area contributed by atoms with E-state index in [1.54, 1.807) is 0 Å². The van der Waals surface area contributed by atoms with Crippen LogP contribution in [0.5, 0.6) is 11.6 Å². The maximum Gasteiger partial charge on any atom is 0.226 e. The van der Waals surface area contributed by atoms with Crippen LogP contribution in [0.4, 0.5) is 0 Å². The molecule has 3 heteroatoms. The Labute approximate surface area is 136 Å². The number of rotatable bonds is 2. The Balaban J connectivity index is 1.84. The number of hydrogen-bond donors (Lipinski definition) is 0. The van der Waals surface area contributed by atoms with Crippen LogP contribution in [0.15, 0.2) is 48.5 Å². The zero-order chi connectivity index (χ0) is 15.8. The van der Waals surface area contributed by atoms with Gasteiger partial charge in [-0.2, -0.15) is 4.98 Å². The fraction of sp³-hybridized carbons (Fsp3) is 0.200. The van der Waals surface area contributed by atoms with Gasteiger partial charge in [0.1, 0.15) is 11.6 Å². The van der Waals surface area contributed by atoms with Gasteiger partial charge in [0.15, 0.2) is 0 Å². The van der Waals surface area contributed by atoms with Crippen LogP contribution >= 0.6 is 0 Å². The van der Waals surface area contributed by atoms with Crippen molar-refractivity contribution in [3.8, 4) is 22.9 Å². The van der Waals surface area contributed by atoms with E-state index in [-0.39, 0.29) is 0 Å². The molecule has 0 saturated heterocycles. The molecular weight excluding hydrogens is 284 g/mol. The minimum atomic E-state index is 0.691. The lowest BCUT2D eigenvalue weighted by Crippen LogP contribution is -2.10. The summed E-state index contributed by atoms with van der Waals surface area (Å²) >= 11 is 0. The van der Waals surface area contributed by atoms with Crippen LogP contribution in [0, 0.1) is 13.8 Å². The number of hydrogen-bond acceptors (Lipinski definition) is 3. The van der Waals surface area contributed by atoms with E-state index >= 15 is 0 Å². The second kappa shape index (κ2) is 5.51. The van der Waals surface area contributed by atoms with Crippen molar-refractivity contribution in [2.45, 2.75) is 26.7 Å². The topological polar surface area (TPSA) is 35.0 Å². The highest BCUT2D eigenvalue weighted by Gasteiger charge is 2.22. The molecule has 1 aliphatic rings. The third-order valence-electron chi connectivity index (χ3n) is 4.30. The molecule has 3 aromatic rings. The molecule has 0 bridgehead atoms. The molecule has 1 aliphatic carbocycles. The number of fused-ring (bicyclic) bond motifs is 3. The van der Waals surface area contributed by atoms with Crippen LogP contribution in [-0.2, 0) is 12.8 Å². The first-order chi connectivity index (χ1) is 11.2. The summed E-state index contributed by atoms with van der Waals surface area (Å²) in [6, 6.07) is 16.5. The Kier molecular flexibility index (Phi) is 3.34. The number of nitrogens with zero attached hydrogens (tertiary/aromatic N) is 2. The number of aromatic nitrogens is 2. The molecule has 4 rings (SSSR count). The Morgan fingerprint density at radius 2 is 1.65 bits per heavy atom. The van der Waals surface area contributed by atoms with E-state index in [9.17, 15) is 0 Å². The molecule has 2 aromatic carbocycles. The smallest absolute Gasteiger partial charge is 0.226 e. The SMILES string of the molecule is Cc1nc(Oc2ccccc2C)c2c(n1)-c1ccccc1CC2. The highest BCUT2D eigenvalue weighted by molar-refractivity contribution is 5.71. The zero-order valence-corrected chi connectivity index (χ0v) is 13.3. The van der Waals surface area contributed by atoms with Gasteiger partial charge in [-0.15, -0.1) is 0 Å². The third kappa shape index (κ3) is 2.48. The molecule has 23 heavy (non-hydrogen) atoms. The summed E-state index contributed by atoms with van der Waals surface area (Å²) in [5.74, 6) is 2.28. The predicted octanol–water partition coefficient (Wildman–Crippen LogP) is 4.65. The first-order valence-electron chi connectivity index (χ1n) is 7.91. The molecule has 114 valence electrons. The number of benzene rings is 2. The average Bonchev–Trinajstić information content (AvgIpc) is 2.56. The molecule has 0 unspecified atom stereocenters. The fourth-order valence-electron chi connectivity index (χ4n) is 3.11. The van der Waals surface area contributed by atoms with Crippen LogP contribution in [0.1, 0.15) is 22.5 Å². The Morgan fingerprint density at radius 1 is 0.870 bits per heavy atom. The largest absolute Gasteiger partial charge is 0.438 e. The zero-order valence-electron chi connectivity index (χ0n) is 13.3. The second-order valence-electron chi connectivity index (χ2n) is 5.93. The van der Waals surface area contributed by atoms with Crippen molar-refractivity contribution in [1.29, 1.82) is 0 Å². The van der Waals surface area contributed by atoms with Crippen LogP contribution in [-0.4, -0.2) is 9.97 Å². The van der Waals surface area contributed by atoms with Gasteiger partial charge in [0.05, 0.1) is 5.69 Å². The Hall–Kier alpha value is -2.68.